The topological polar surface area (TPSA) is 72.9 Å². The van der Waals surface area contributed by atoms with Crippen LogP contribution >= 0.6 is 0 Å². The molecule has 2 aliphatic heterocycles. The Bertz CT molecular complexity index is 1240. The largest absolute Gasteiger partial charge is 0.380 e. The summed E-state index contributed by atoms with van der Waals surface area (Å²) in [4.78, 5) is 29.1. The highest BCUT2D eigenvalue weighted by molar-refractivity contribution is 5.94. The molecule has 1 unspecified atom stereocenters. The van der Waals surface area contributed by atoms with E-state index in [0.29, 0.717) is 50.1 Å². The SMILES string of the molecule is O=C(c1ccc(C2Cc3ccccc3NC23CCCCCCCCC3)c(F)c1)N1CCN(C(=O)C2(O)CC2)CC1. The van der Waals surface area contributed by atoms with Gasteiger partial charge >= 0.3 is 0 Å². The van der Waals surface area contributed by atoms with Crippen LogP contribution in [0.5, 0.6) is 0 Å². The molecule has 2 aromatic rings. The fraction of sp³-hybridized carbons (Fsp3) is 0.576. The molecule has 2 saturated carbocycles. The van der Waals surface area contributed by atoms with Crippen LogP contribution in [0.15, 0.2) is 42.5 Å². The number of piperazine rings is 1. The van der Waals surface area contributed by atoms with E-state index in [1.54, 1.807) is 15.9 Å². The van der Waals surface area contributed by atoms with Gasteiger partial charge in [-0.15, -0.1) is 0 Å². The summed E-state index contributed by atoms with van der Waals surface area (Å²) in [5.74, 6) is -0.748. The zero-order chi connectivity index (χ0) is 27.7. The Morgan fingerprint density at radius 3 is 2.10 bits per heavy atom. The normalized spacial score (nSPS) is 24.1. The molecule has 2 aliphatic carbocycles. The fourth-order valence-corrected chi connectivity index (χ4v) is 7.23. The Hall–Kier alpha value is -2.93. The number of para-hydroxylation sites is 1. The van der Waals surface area contributed by atoms with Gasteiger partial charge in [-0.05, 0) is 61.4 Å². The van der Waals surface area contributed by atoms with E-state index in [0.717, 1.165) is 32.1 Å². The molecular weight excluding hydrogens is 505 g/mol. The number of hydrogen-bond donors (Lipinski definition) is 2. The zero-order valence-corrected chi connectivity index (χ0v) is 23.5. The maximum absolute atomic E-state index is 16.0. The first kappa shape index (κ1) is 27.3. The van der Waals surface area contributed by atoms with Crippen LogP contribution in [-0.4, -0.2) is 64.0 Å². The Morgan fingerprint density at radius 1 is 0.825 bits per heavy atom. The van der Waals surface area contributed by atoms with E-state index in [-0.39, 0.29) is 29.1 Å². The van der Waals surface area contributed by atoms with Crippen LogP contribution in [0.4, 0.5) is 10.1 Å². The van der Waals surface area contributed by atoms with Crippen molar-refractivity contribution >= 4 is 17.5 Å². The lowest BCUT2D eigenvalue weighted by molar-refractivity contribution is -0.143. The number of hydrogen-bond acceptors (Lipinski definition) is 4. The fourth-order valence-electron chi connectivity index (χ4n) is 7.23. The van der Waals surface area contributed by atoms with Crippen LogP contribution in [0.25, 0.3) is 0 Å². The standard InChI is InChI=1S/C33H42FN3O3/c34-28-23-25(30(38)36-18-20-37(21-19-36)31(39)33(40)16-17-33)12-13-26(28)27-22-24-10-6-7-11-29(24)35-32(27)14-8-4-2-1-3-5-9-15-32/h6-7,10-13,23,27,35,40H,1-5,8-9,14-22H2. The number of fused-ring (bicyclic) bond motifs is 1. The van der Waals surface area contributed by atoms with Gasteiger partial charge in [0, 0.05) is 48.9 Å². The van der Waals surface area contributed by atoms with Gasteiger partial charge in [0.15, 0.2) is 0 Å². The zero-order valence-electron chi connectivity index (χ0n) is 23.5. The highest BCUT2D eigenvalue weighted by Gasteiger charge is 2.50. The van der Waals surface area contributed by atoms with Crippen molar-refractivity contribution in [1.29, 1.82) is 0 Å². The van der Waals surface area contributed by atoms with Crippen LogP contribution < -0.4 is 5.32 Å². The number of rotatable bonds is 3. The number of nitrogens with one attached hydrogen (secondary N) is 1. The molecule has 2 N–H and O–H groups in total. The Kier molecular flexibility index (Phi) is 7.60. The number of nitrogens with zero attached hydrogens (tertiary/aromatic N) is 2. The van der Waals surface area contributed by atoms with Crippen LogP contribution in [0.2, 0.25) is 0 Å². The first-order chi connectivity index (χ1) is 19.4. The molecule has 0 radical (unpaired) electrons. The summed E-state index contributed by atoms with van der Waals surface area (Å²) in [7, 11) is 0. The molecule has 0 aromatic heterocycles. The smallest absolute Gasteiger partial charge is 0.254 e. The summed E-state index contributed by atoms with van der Waals surface area (Å²) in [5.41, 5.74) is 2.06. The number of carbonyl (C=O) groups excluding carboxylic acids is 2. The number of anilines is 1. The van der Waals surface area contributed by atoms with Gasteiger partial charge in [0.2, 0.25) is 0 Å². The van der Waals surface area contributed by atoms with Crippen LogP contribution in [0.3, 0.4) is 0 Å². The third kappa shape index (κ3) is 5.37. The van der Waals surface area contributed by atoms with Crippen LogP contribution in [0.1, 0.15) is 98.0 Å². The molecule has 1 atom stereocenters. The summed E-state index contributed by atoms with van der Waals surface area (Å²) in [5, 5.41) is 14.1. The molecular formula is C33H42FN3O3. The van der Waals surface area contributed by atoms with Gasteiger partial charge in [-0.3, -0.25) is 9.59 Å². The molecule has 2 aromatic carbocycles. The van der Waals surface area contributed by atoms with Crippen molar-refractivity contribution in [3.63, 3.8) is 0 Å². The average molecular weight is 548 g/mol. The molecule has 2 heterocycles. The molecule has 0 bridgehead atoms. The Balaban J connectivity index is 1.22. The maximum Gasteiger partial charge on any atom is 0.254 e. The van der Waals surface area contributed by atoms with Gasteiger partial charge in [-0.2, -0.15) is 0 Å². The second-order valence-electron chi connectivity index (χ2n) is 12.5. The molecule has 2 amide bonds. The third-order valence-electron chi connectivity index (χ3n) is 9.84. The van der Waals surface area contributed by atoms with Crippen molar-refractivity contribution in [1.82, 2.24) is 9.80 Å². The number of halogens is 1. The van der Waals surface area contributed by atoms with Crippen molar-refractivity contribution < 1.29 is 19.1 Å². The molecule has 3 fully saturated rings. The molecule has 1 saturated heterocycles. The number of amides is 2. The van der Waals surface area contributed by atoms with Crippen LogP contribution in [0, 0.1) is 5.82 Å². The maximum atomic E-state index is 16.0. The average Bonchev–Trinajstić information content (AvgIpc) is 3.74. The van der Waals surface area contributed by atoms with E-state index in [2.05, 4.69) is 29.6 Å². The number of aliphatic hydroxyl groups is 1. The van der Waals surface area contributed by atoms with E-state index in [4.69, 9.17) is 0 Å². The molecule has 1 spiro atoms. The summed E-state index contributed by atoms with van der Waals surface area (Å²) >= 11 is 0. The van der Waals surface area contributed by atoms with E-state index in [9.17, 15) is 14.7 Å². The lowest BCUT2D eigenvalue weighted by atomic mass is 9.67. The van der Waals surface area contributed by atoms with Gasteiger partial charge in [-0.25, -0.2) is 4.39 Å². The number of carbonyl (C=O) groups is 2. The molecule has 4 aliphatic rings. The van der Waals surface area contributed by atoms with E-state index < -0.39 is 5.60 Å². The predicted molar refractivity (Wildman–Crippen MR) is 154 cm³/mol. The van der Waals surface area contributed by atoms with E-state index in [1.165, 1.54) is 49.4 Å². The van der Waals surface area contributed by atoms with Crippen molar-refractivity contribution in [2.24, 2.45) is 0 Å². The Morgan fingerprint density at radius 2 is 1.45 bits per heavy atom. The minimum Gasteiger partial charge on any atom is -0.380 e. The first-order valence-electron chi connectivity index (χ1n) is 15.4. The molecule has 6 rings (SSSR count). The first-order valence-corrected chi connectivity index (χ1v) is 15.4. The Labute approximate surface area is 236 Å². The van der Waals surface area contributed by atoms with Gasteiger partial charge in [0.05, 0.1) is 0 Å². The second kappa shape index (κ2) is 11.2. The highest BCUT2D eigenvalue weighted by Crippen LogP contribution is 2.47. The summed E-state index contributed by atoms with van der Waals surface area (Å²) in [6.45, 7) is 1.55. The summed E-state index contributed by atoms with van der Waals surface area (Å²) < 4.78 is 16.0. The van der Waals surface area contributed by atoms with Crippen molar-refractivity contribution in [2.45, 2.75) is 94.1 Å². The highest BCUT2D eigenvalue weighted by atomic mass is 19.1. The molecule has 214 valence electrons. The minimum atomic E-state index is -1.19. The van der Waals surface area contributed by atoms with Crippen molar-refractivity contribution in [3.8, 4) is 0 Å². The lowest BCUT2D eigenvalue weighted by Crippen LogP contribution is -2.53. The third-order valence-corrected chi connectivity index (χ3v) is 9.84. The lowest BCUT2D eigenvalue weighted by Gasteiger charge is -2.47. The summed E-state index contributed by atoms with van der Waals surface area (Å²) in [6, 6.07) is 13.5. The molecule has 7 heteroatoms. The van der Waals surface area contributed by atoms with Crippen molar-refractivity contribution in [2.75, 3.05) is 31.5 Å². The summed E-state index contributed by atoms with van der Waals surface area (Å²) in [6.07, 6.45) is 12.4. The van der Waals surface area contributed by atoms with Crippen molar-refractivity contribution in [3.05, 3.63) is 65.0 Å². The van der Waals surface area contributed by atoms with Gasteiger partial charge in [0.25, 0.3) is 11.8 Å². The molecule has 6 nitrogen and oxygen atoms in total. The quantitative estimate of drug-likeness (QED) is 0.521. The van der Waals surface area contributed by atoms with Gasteiger partial charge < -0.3 is 20.2 Å². The molecule has 40 heavy (non-hydrogen) atoms. The van der Waals surface area contributed by atoms with E-state index in [1.807, 2.05) is 6.07 Å². The minimum absolute atomic E-state index is 0.00578. The van der Waals surface area contributed by atoms with E-state index >= 15 is 4.39 Å². The monoisotopic (exact) mass is 547 g/mol. The van der Waals surface area contributed by atoms with Crippen LogP contribution in [-0.2, 0) is 11.2 Å². The van der Waals surface area contributed by atoms with Gasteiger partial charge in [-0.1, -0.05) is 69.2 Å². The second-order valence-corrected chi connectivity index (χ2v) is 12.5. The number of benzene rings is 2. The van der Waals surface area contributed by atoms with Gasteiger partial charge in [0.1, 0.15) is 11.4 Å². The predicted octanol–water partition coefficient (Wildman–Crippen LogP) is 5.65.